The molecule has 0 unspecified atom stereocenters. The van der Waals surface area contributed by atoms with Crippen molar-refractivity contribution >= 4 is 57.3 Å². The largest absolute Gasteiger partial charge is 0.507 e. The van der Waals surface area contributed by atoms with Gasteiger partial charge in [0.25, 0.3) is 5.91 Å². The second kappa shape index (κ2) is 29.3. The van der Waals surface area contributed by atoms with Crippen LogP contribution in [0.1, 0.15) is 38.7 Å². The van der Waals surface area contributed by atoms with Gasteiger partial charge >= 0.3 is 31.8 Å². The number of hydrogen-bond acceptors (Lipinski definition) is 10. The Balaban J connectivity index is 0.000000191. The summed E-state index contributed by atoms with van der Waals surface area (Å²) < 4.78 is 210. The normalized spacial score (nSPS) is 11.4. The highest BCUT2D eigenvalue weighted by atomic mass is 79.9. The van der Waals surface area contributed by atoms with Gasteiger partial charge in [-0.05, 0) is 126 Å². The fourth-order valence-electron chi connectivity index (χ4n) is 7.89. The molecule has 0 aliphatic rings. The predicted octanol–water partition coefficient (Wildman–Crippen LogP) is 13.5. The Morgan fingerprint density at radius 1 is 0.473 bits per heavy atom. The second-order valence-corrected chi connectivity index (χ2v) is 19.9. The summed E-state index contributed by atoms with van der Waals surface area (Å²) in [6.07, 6.45) is -18.1. The number of alkyl halides is 12. The average molecular weight is 1360 g/mol. The van der Waals surface area contributed by atoms with E-state index in [1.54, 1.807) is 48.5 Å². The van der Waals surface area contributed by atoms with Crippen molar-refractivity contribution in [2.24, 2.45) is 28.2 Å². The number of hydrogen-bond donors (Lipinski definition) is 6. The molecule has 4 aromatic heterocycles. The Bertz CT molecular complexity index is 3990. The smallest absolute Gasteiger partial charge is 0.422 e. The molecule has 10 aromatic rings. The fraction of sp³-hybridized carbons (Fsp3) is 0.155. The molecule has 10 rings (SSSR count). The minimum Gasteiger partial charge on any atom is -0.422 e. The van der Waals surface area contributed by atoms with Crippen LogP contribution < -0.4 is 27.7 Å². The van der Waals surface area contributed by atoms with Crippen molar-refractivity contribution in [3.05, 3.63) is 219 Å². The van der Waals surface area contributed by atoms with Gasteiger partial charge in [-0.2, -0.15) is 73.1 Å². The third-order valence-corrected chi connectivity index (χ3v) is 12.9. The molecule has 33 heteroatoms. The molecule has 6 aromatic carbocycles. The van der Waals surface area contributed by atoms with Crippen LogP contribution >= 0.6 is 15.9 Å². The molecule has 0 saturated carbocycles. The van der Waals surface area contributed by atoms with Gasteiger partial charge in [0.1, 0.15) is 28.8 Å². The van der Waals surface area contributed by atoms with Crippen LogP contribution in [0.4, 0.5) is 93.0 Å². The highest BCUT2D eigenvalue weighted by Crippen LogP contribution is 2.35. The number of nitrogens with two attached hydrogens (primary N) is 2. The first kappa shape index (κ1) is 70.5. The molecule has 4 heterocycles. The Hall–Kier alpha value is -9.63. The van der Waals surface area contributed by atoms with Gasteiger partial charge in [-0.25, -0.2) is 17.6 Å². The summed E-state index contributed by atoms with van der Waals surface area (Å²) in [5.74, 6) is -4.28. The highest BCUT2D eigenvalue weighted by molar-refractivity contribution is 9.10. The van der Waals surface area contributed by atoms with E-state index in [1.807, 2.05) is 24.3 Å². The fourth-order valence-corrected chi connectivity index (χ4v) is 8.15. The number of nitrogen functional groups attached to an aromatic ring is 2. The summed E-state index contributed by atoms with van der Waals surface area (Å²) in [7, 11) is 3.53. The molecule has 1 amide bonds. The molecule has 0 spiro atoms. The van der Waals surface area contributed by atoms with Gasteiger partial charge in [-0.1, -0.05) is 64.5 Å². The number of halogens is 17. The molecule has 0 aliphatic heterocycles. The van der Waals surface area contributed by atoms with Crippen LogP contribution in [0.25, 0.3) is 33.8 Å². The maximum absolute atomic E-state index is 13.6. The number of carbonyl (C=O) groups is 1. The van der Waals surface area contributed by atoms with Crippen molar-refractivity contribution in [2.45, 2.75) is 31.2 Å². The van der Waals surface area contributed by atoms with E-state index in [4.69, 9.17) is 21.5 Å². The summed E-state index contributed by atoms with van der Waals surface area (Å²) in [6, 6.07) is 36.5. The molecular formula is C58H48BBrF16N12O3. The van der Waals surface area contributed by atoms with Gasteiger partial charge in [0, 0.05) is 67.5 Å². The van der Waals surface area contributed by atoms with E-state index in [-0.39, 0.29) is 29.1 Å². The molecule has 0 radical (unpaired) electrons. The molecule has 480 valence electrons. The summed E-state index contributed by atoms with van der Waals surface area (Å²) in [5, 5.41) is 35.9. The molecule has 8 N–H and O–H groups in total. The van der Waals surface area contributed by atoms with Crippen molar-refractivity contribution in [1.82, 2.24) is 39.1 Å². The van der Waals surface area contributed by atoms with E-state index in [9.17, 15) is 75.0 Å². The van der Waals surface area contributed by atoms with E-state index >= 15 is 0 Å². The van der Waals surface area contributed by atoms with Gasteiger partial charge in [0.15, 0.2) is 22.8 Å². The van der Waals surface area contributed by atoms with Crippen LogP contribution in [-0.4, -0.2) is 62.2 Å². The Labute approximate surface area is 514 Å². The van der Waals surface area contributed by atoms with Crippen molar-refractivity contribution in [2.75, 3.05) is 22.1 Å². The Kier molecular flexibility index (Phi) is 22.7. The van der Waals surface area contributed by atoms with E-state index in [0.29, 0.717) is 45.5 Å². The number of nitrogens with one attached hydrogen (secondary N) is 2. The molecular weight excluding hydrogens is 1310 g/mol. The van der Waals surface area contributed by atoms with E-state index < -0.39 is 89.3 Å². The topological polar surface area (TPSA) is 205 Å². The number of nitrogens with zero attached hydrogens (tertiary/aromatic N) is 8. The van der Waals surface area contributed by atoms with Crippen molar-refractivity contribution in [3.8, 4) is 33.8 Å². The first-order valence-corrected chi connectivity index (χ1v) is 26.5. The van der Waals surface area contributed by atoms with E-state index in [2.05, 4.69) is 47.0 Å². The molecule has 0 aliphatic carbocycles. The van der Waals surface area contributed by atoms with Crippen LogP contribution in [0.5, 0.6) is 0 Å². The number of carbonyl (C=O) groups excluding carboxylic acids is 1. The van der Waals surface area contributed by atoms with Crippen LogP contribution in [-0.2, 0) is 59.4 Å². The quantitative estimate of drug-likeness (QED) is 0.0458. The number of anilines is 4. The number of aromatic nitrogens is 8. The zero-order valence-electron chi connectivity index (χ0n) is 47.3. The first-order valence-electron chi connectivity index (χ1n) is 25.7. The number of amides is 1. The molecule has 0 fully saturated rings. The summed E-state index contributed by atoms with van der Waals surface area (Å²) in [5.41, 5.74) is 10.5. The van der Waals surface area contributed by atoms with Gasteiger partial charge in [-0.15, -0.1) is 0 Å². The second-order valence-electron chi connectivity index (χ2n) is 19.0. The number of rotatable bonds is 9. The minimum absolute atomic E-state index is 0.0538. The Morgan fingerprint density at radius 2 is 0.791 bits per heavy atom. The van der Waals surface area contributed by atoms with Crippen molar-refractivity contribution in [1.29, 1.82) is 0 Å². The number of benzene rings is 6. The average Bonchev–Trinajstić information content (AvgIpc) is 1.81. The molecule has 91 heavy (non-hydrogen) atoms. The zero-order valence-corrected chi connectivity index (χ0v) is 48.8. The van der Waals surface area contributed by atoms with Crippen molar-refractivity contribution in [3.63, 3.8) is 0 Å². The third-order valence-electron chi connectivity index (χ3n) is 12.4. The summed E-state index contributed by atoms with van der Waals surface area (Å²) in [4.78, 5) is 12.0. The SMILES string of the molecule is Cn1nc(C(F)(F)F)cc1-c1ccc(N)cc1.Cn1nc(C(F)(F)F)cc1-c1ccc(NC(=O)c2c(F)cccc2F)cc1.Cn1nc(C(F)(F)F)cc1-c1ccc(NCc2c(F)cccc2F)cc1.Cn1nc(C(F)(F)F)cc1B(O)O.Nc1ccc(Br)cc1. The molecule has 0 bridgehead atoms. The first-order chi connectivity index (χ1) is 42.4. The molecule has 0 saturated heterocycles. The Morgan fingerprint density at radius 3 is 1.11 bits per heavy atom. The molecule has 0 atom stereocenters. The van der Waals surface area contributed by atoms with Gasteiger partial charge in [-0.3, -0.25) is 23.5 Å². The van der Waals surface area contributed by atoms with Crippen molar-refractivity contribution < 1.29 is 85.1 Å². The molecule has 15 nitrogen and oxygen atoms in total. The van der Waals surface area contributed by atoms with Crippen LogP contribution in [0.15, 0.2) is 162 Å². The maximum atomic E-state index is 13.6. The lowest BCUT2D eigenvalue weighted by atomic mass is 9.86. The summed E-state index contributed by atoms with van der Waals surface area (Å²) in [6.45, 7) is -0.0538. The van der Waals surface area contributed by atoms with Crippen LogP contribution in [0.2, 0.25) is 0 Å². The lowest BCUT2D eigenvalue weighted by Gasteiger charge is -2.09. The van der Waals surface area contributed by atoms with Gasteiger partial charge in [0.05, 0.1) is 22.7 Å². The maximum Gasteiger partial charge on any atom is 0.507 e. The van der Waals surface area contributed by atoms with Gasteiger partial charge in [0.2, 0.25) is 0 Å². The van der Waals surface area contributed by atoms with Crippen LogP contribution in [0, 0.1) is 23.3 Å². The highest BCUT2D eigenvalue weighted by Gasteiger charge is 2.38. The van der Waals surface area contributed by atoms with Crippen LogP contribution in [0.3, 0.4) is 0 Å². The third kappa shape index (κ3) is 19.4. The zero-order chi connectivity index (χ0) is 67.5. The standard InChI is InChI=1S/C18H12F5N3O.C18H14F5N3.C11H10F3N3.C6H6BrN.C5H6BF3N2O2/c1-26-14(9-15(25-26)18(21,22)23)10-5-7-11(8-6-10)24-17(27)16-12(19)3-2-4-13(16)20;1-26-16(9-17(25-26)18(21,22)23)11-5-7-12(8-6-11)24-10-13-14(19)3-2-4-15(13)20;1-17-9(6-10(16-17)11(12,13)14)7-2-4-8(15)5-3-7;7-5-1-3-6(8)4-2-5;1-11-4(6(12)13)2-3(10-11)5(7,8)9/h2-9H,1H3,(H,24,27);2-9,24H,10H2,1H3;2-6H,15H2,1H3;1-4H,8H2;2,12-13H,1H3. The lowest BCUT2D eigenvalue weighted by molar-refractivity contribution is -0.142. The lowest BCUT2D eigenvalue weighted by Crippen LogP contribution is -2.35. The predicted molar refractivity (Wildman–Crippen MR) is 310 cm³/mol. The number of aryl methyl sites for hydroxylation is 4. The summed E-state index contributed by atoms with van der Waals surface area (Å²) >= 11 is 3.29. The monoisotopic (exact) mass is 1350 g/mol. The van der Waals surface area contributed by atoms with Gasteiger partial charge < -0.3 is 32.1 Å². The van der Waals surface area contributed by atoms with E-state index in [1.165, 1.54) is 75.3 Å². The van der Waals surface area contributed by atoms with E-state index in [0.717, 1.165) is 60.6 Å². The minimum atomic E-state index is -4.56.